The van der Waals surface area contributed by atoms with Crippen LogP contribution >= 0.6 is 15.9 Å². The van der Waals surface area contributed by atoms with Crippen molar-refractivity contribution < 1.29 is 0 Å². The van der Waals surface area contributed by atoms with E-state index in [4.69, 9.17) is 5.73 Å². The lowest BCUT2D eigenvalue weighted by Crippen LogP contribution is -2.33. The molecule has 0 saturated heterocycles. The van der Waals surface area contributed by atoms with E-state index in [1.54, 1.807) is 0 Å². The minimum Gasteiger partial charge on any atom is -0.323 e. The average molecular weight is 310 g/mol. The van der Waals surface area contributed by atoms with Gasteiger partial charge in [0.15, 0.2) is 0 Å². The van der Waals surface area contributed by atoms with Crippen LogP contribution in [0.1, 0.15) is 57.6 Å². The molecule has 1 nitrogen and oxygen atoms in total. The Bertz CT molecular complexity index is 377. The first-order valence-corrected chi connectivity index (χ1v) is 7.84. The highest BCUT2D eigenvalue weighted by Crippen LogP contribution is 2.50. The van der Waals surface area contributed by atoms with Crippen LogP contribution in [0.25, 0.3) is 0 Å². The molecule has 0 spiro atoms. The topological polar surface area (TPSA) is 26.0 Å². The molecule has 1 atom stereocenters. The molecule has 2 rings (SSSR count). The molecule has 0 bridgehead atoms. The third-order valence-electron chi connectivity index (χ3n) is 4.30. The summed E-state index contributed by atoms with van der Waals surface area (Å²) < 4.78 is 1.13. The molecule has 18 heavy (non-hydrogen) atoms. The van der Waals surface area contributed by atoms with Crippen molar-refractivity contribution in [3.05, 3.63) is 34.3 Å². The molecule has 0 heterocycles. The molecule has 100 valence electrons. The summed E-state index contributed by atoms with van der Waals surface area (Å²) in [6, 6.07) is 8.75. The van der Waals surface area contributed by atoms with Crippen LogP contribution in [0.2, 0.25) is 0 Å². The fraction of sp³-hybridized carbons (Fsp3) is 0.625. The third-order valence-corrected chi connectivity index (χ3v) is 4.83. The van der Waals surface area contributed by atoms with Gasteiger partial charge in [0, 0.05) is 10.5 Å². The van der Waals surface area contributed by atoms with E-state index in [9.17, 15) is 0 Å². The summed E-state index contributed by atoms with van der Waals surface area (Å²) in [7, 11) is 0. The fourth-order valence-corrected chi connectivity index (χ4v) is 3.82. The summed E-state index contributed by atoms with van der Waals surface area (Å²) >= 11 is 3.49. The van der Waals surface area contributed by atoms with Crippen LogP contribution in [0.3, 0.4) is 0 Å². The maximum atomic E-state index is 6.62. The Balaban J connectivity index is 2.22. The van der Waals surface area contributed by atoms with Gasteiger partial charge in [-0.1, -0.05) is 54.8 Å². The second kappa shape index (κ2) is 5.75. The number of nitrogens with two attached hydrogens (primary N) is 1. The number of hydrogen-bond acceptors (Lipinski definition) is 1. The quantitative estimate of drug-likeness (QED) is 0.827. The van der Waals surface area contributed by atoms with E-state index in [1.807, 2.05) is 0 Å². The van der Waals surface area contributed by atoms with Gasteiger partial charge in [0.2, 0.25) is 0 Å². The maximum Gasteiger partial charge on any atom is 0.0352 e. The van der Waals surface area contributed by atoms with Crippen LogP contribution in [-0.4, -0.2) is 0 Å². The Morgan fingerprint density at radius 2 is 1.72 bits per heavy atom. The van der Waals surface area contributed by atoms with Crippen LogP contribution in [0.15, 0.2) is 28.7 Å². The van der Waals surface area contributed by atoms with E-state index >= 15 is 0 Å². The average Bonchev–Trinajstić information content (AvgIpc) is 2.78. The molecule has 1 aromatic rings. The molecule has 0 aliphatic heterocycles. The van der Waals surface area contributed by atoms with Crippen molar-refractivity contribution in [1.29, 1.82) is 0 Å². The minimum atomic E-state index is 0.190. The lowest BCUT2D eigenvalue weighted by atomic mass is 9.71. The molecular formula is C16H24BrN. The molecule has 2 N–H and O–H groups in total. The zero-order chi connectivity index (χ0) is 13.2. The predicted molar refractivity (Wildman–Crippen MR) is 81.4 cm³/mol. The van der Waals surface area contributed by atoms with Gasteiger partial charge in [-0.2, -0.15) is 0 Å². The Labute approximate surface area is 119 Å². The molecule has 0 amide bonds. The van der Waals surface area contributed by atoms with Crippen LogP contribution in [0, 0.1) is 11.3 Å². The first-order chi connectivity index (χ1) is 8.53. The first-order valence-electron chi connectivity index (χ1n) is 7.04. The minimum absolute atomic E-state index is 0.190. The summed E-state index contributed by atoms with van der Waals surface area (Å²) in [6.45, 7) is 4.63. The van der Waals surface area contributed by atoms with E-state index < -0.39 is 0 Å². The molecule has 2 heteroatoms. The standard InChI is InChI=1S/C16H24BrN/c1-12(2)11-16(9-3-4-10-16)15(18)13-5-7-14(17)8-6-13/h5-8,12,15H,3-4,9-11,18H2,1-2H3. The van der Waals surface area contributed by atoms with Crippen molar-refractivity contribution in [2.75, 3.05) is 0 Å². The summed E-state index contributed by atoms with van der Waals surface area (Å²) in [5, 5.41) is 0. The lowest BCUT2D eigenvalue weighted by Gasteiger charge is -2.37. The zero-order valence-corrected chi connectivity index (χ0v) is 13.0. The van der Waals surface area contributed by atoms with Crippen molar-refractivity contribution in [2.24, 2.45) is 17.1 Å². The highest BCUT2D eigenvalue weighted by atomic mass is 79.9. The molecule has 1 fully saturated rings. The van der Waals surface area contributed by atoms with Crippen molar-refractivity contribution in [2.45, 2.75) is 52.0 Å². The Morgan fingerprint density at radius 1 is 1.17 bits per heavy atom. The van der Waals surface area contributed by atoms with Crippen molar-refractivity contribution >= 4 is 15.9 Å². The van der Waals surface area contributed by atoms with Gasteiger partial charge in [-0.3, -0.25) is 0 Å². The maximum absolute atomic E-state index is 6.62. The molecule has 0 aromatic heterocycles. The SMILES string of the molecule is CC(C)CC1(C(N)c2ccc(Br)cc2)CCCC1. The summed E-state index contributed by atoms with van der Waals surface area (Å²) in [6.07, 6.45) is 6.53. The number of rotatable bonds is 4. The molecule has 1 unspecified atom stereocenters. The van der Waals surface area contributed by atoms with Crippen LogP contribution < -0.4 is 5.73 Å². The predicted octanol–water partition coefficient (Wildman–Crippen LogP) is 5.06. The molecular weight excluding hydrogens is 286 g/mol. The number of benzene rings is 1. The van der Waals surface area contributed by atoms with E-state index in [0.717, 1.165) is 10.4 Å². The van der Waals surface area contributed by atoms with Gasteiger partial charge in [-0.15, -0.1) is 0 Å². The molecule has 1 aliphatic carbocycles. The highest BCUT2D eigenvalue weighted by Gasteiger charge is 2.40. The van der Waals surface area contributed by atoms with E-state index in [2.05, 4.69) is 54.0 Å². The van der Waals surface area contributed by atoms with Gasteiger partial charge in [0.05, 0.1) is 0 Å². The number of halogens is 1. The van der Waals surface area contributed by atoms with Crippen LogP contribution in [0.4, 0.5) is 0 Å². The van der Waals surface area contributed by atoms with E-state index in [1.165, 1.54) is 37.7 Å². The summed E-state index contributed by atoms with van der Waals surface area (Å²) in [5.74, 6) is 0.726. The number of hydrogen-bond donors (Lipinski definition) is 1. The lowest BCUT2D eigenvalue weighted by molar-refractivity contribution is 0.183. The zero-order valence-electron chi connectivity index (χ0n) is 11.5. The third kappa shape index (κ3) is 2.97. The largest absolute Gasteiger partial charge is 0.323 e. The normalized spacial score (nSPS) is 20.3. The Hall–Kier alpha value is -0.340. The van der Waals surface area contributed by atoms with E-state index in [-0.39, 0.29) is 6.04 Å². The van der Waals surface area contributed by atoms with Crippen LogP contribution in [0.5, 0.6) is 0 Å². The van der Waals surface area contributed by atoms with Gasteiger partial charge < -0.3 is 5.73 Å². The van der Waals surface area contributed by atoms with Crippen molar-refractivity contribution in [3.8, 4) is 0 Å². The fourth-order valence-electron chi connectivity index (χ4n) is 3.56. The van der Waals surface area contributed by atoms with Gasteiger partial charge in [0.1, 0.15) is 0 Å². The smallest absolute Gasteiger partial charge is 0.0352 e. The summed E-state index contributed by atoms with van der Waals surface area (Å²) in [4.78, 5) is 0. The van der Waals surface area contributed by atoms with E-state index in [0.29, 0.717) is 5.41 Å². The Kier molecular flexibility index (Phi) is 4.50. The van der Waals surface area contributed by atoms with Gasteiger partial charge in [-0.25, -0.2) is 0 Å². The molecule has 0 radical (unpaired) electrons. The van der Waals surface area contributed by atoms with Gasteiger partial charge >= 0.3 is 0 Å². The molecule has 1 aliphatic rings. The van der Waals surface area contributed by atoms with Gasteiger partial charge in [-0.05, 0) is 48.3 Å². The summed E-state index contributed by atoms with van der Waals surface area (Å²) in [5.41, 5.74) is 8.25. The molecule has 1 aromatic carbocycles. The van der Waals surface area contributed by atoms with Crippen molar-refractivity contribution in [3.63, 3.8) is 0 Å². The first kappa shape index (κ1) is 14.1. The Morgan fingerprint density at radius 3 is 2.22 bits per heavy atom. The molecule has 1 saturated carbocycles. The van der Waals surface area contributed by atoms with Gasteiger partial charge in [0.25, 0.3) is 0 Å². The van der Waals surface area contributed by atoms with Crippen molar-refractivity contribution in [1.82, 2.24) is 0 Å². The van der Waals surface area contributed by atoms with Crippen LogP contribution in [-0.2, 0) is 0 Å². The monoisotopic (exact) mass is 309 g/mol. The highest BCUT2D eigenvalue weighted by molar-refractivity contribution is 9.10. The second-order valence-corrected chi connectivity index (χ2v) is 7.11. The second-order valence-electron chi connectivity index (χ2n) is 6.20.